The molecule has 0 radical (unpaired) electrons. The Morgan fingerprint density at radius 1 is 0.660 bits per heavy atom. The number of allylic oxidation sites excluding steroid dienone is 1. The standard InChI is InChI=1S/C45H79NO4/c1-5-8-18-27-41(4)34-38-49-44(47)32-23-15-11-13-21-30-43(40-46-36-25-17-26-37-46)31-22-14-12-16-24-33-45(48)50-39-35-42(28-19-9-6-2)29-20-10-7-3/h28,41-43H,2,5,7-8,10-18,20-27,29-40H2,1,3-4H3. The fraction of sp³-hybridized carbons (Fsp3) is 0.844. The highest BCUT2D eigenvalue weighted by Gasteiger charge is 2.16. The van der Waals surface area contributed by atoms with Crippen molar-refractivity contribution in [1.29, 1.82) is 0 Å². The molecule has 0 bridgehead atoms. The van der Waals surface area contributed by atoms with Gasteiger partial charge in [0, 0.05) is 19.4 Å². The lowest BCUT2D eigenvalue weighted by molar-refractivity contribution is -0.145. The van der Waals surface area contributed by atoms with Gasteiger partial charge in [-0.3, -0.25) is 9.59 Å². The van der Waals surface area contributed by atoms with E-state index < -0.39 is 0 Å². The van der Waals surface area contributed by atoms with Gasteiger partial charge in [-0.25, -0.2) is 0 Å². The highest BCUT2D eigenvalue weighted by Crippen LogP contribution is 2.23. The zero-order chi connectivity index (χ0) is 36.3. The first-order chi connectivity index (χ1) is 24.5. The number of unbranched alkanes of at least 4 members (excludes halogenated alkanes) is 12. The number of hydrogen-bond donors (Lipinski definition) is 0. The van der Waals surface area contributed by atoms with Gasteiger partial charge in [-0.1, -0.05) is 135 Å². The Kier molecular flexibility index (Phi) is 31.4. The zero-order valence-corrected chi connectivity index (χ0v) is 33.2. The van der Waals surface area contributed by atoms with Crippen molar-refractivity contribution in [1.82, 2.24) is 4.90 Å². The Bertz CT molecular complexity index is 937. The van der Waals surface area contributed by atoms with Crippen LogP contribution in [0.5, 0.6) is 0 Å². The maximum Gasteiger partial charge on any atom is 0.305 e. The minimum atomic E-state index is -0.0532. The molecule has 0 saturated carbocycles. The molecule has 1 aliphatic heterocycles. The number of carbonyl (C=O) groups excluding carboxylic acids is 2. The van der Waals surface area contributed by atoms with Gasteiger partial charge in [0.05, 0.1) is 13.2 Å². The third-order valence-electron chi connectivity index (χ3n) is 10.5. The summed E-state index contributed by atoms with van der Waals surface area (Å²) < 4.78 is 11.1. The summed E-state index contributed by atoms with van der Waals surface area (Å²) in [7, 11) is 0. The van der Waals surface area contributed by atoms with Gasteiger partial charge in [-0.15, -0.1) is 0 Å². The summed E-state index contributed by atoms with van der Waals surface area (Å²) in [6, 6.07) is 0. The van der Waals surface area contributed by atoms with E-state index in [1.54, 1.807) is 0 Å². The Balaban J connectivity index is 2.18. The van der Waals surface area contributed by atoms with Gasteiger partial charge in [0.1, 0.15) is 0 Å². The van der Waals surface area contributed by atoms with Crippen LogP contribution in [0.25, 0.3) is 0 Å². The molecule has 1 rings (SSSR count). The van der Waals surface area contributed by atoms with Gasteiger partial charge in [-0.05, 0) is 107 Å². The smallest absolute Gasteiger partial charge is 0.305 e. The lowest BCUT2D eigenvalue weighted by Gasteiger charge is -2.30. The monoisotopic (exact) mass is 698 g/mol. The molecule has 0 aliphatic carbocycles. The van der Waals surface area contributed by atoms with Crippen molar-refractivity contribution in [2.75, 3.05) is 32.8 Å². The van der Waals surface area contributed by atoms with Crippen LogP contribution in [-0.4, -0.2) is 49.7 Å². The molecule has 1 fully saturated rings. The molecule has 288 valence electrons. The molecule has 50 heavy (non-hydrogen) atoms. The molecule has 1 aliphatic rings. The Hall–Kier alpha value is -2.02. The molecule has 0 aromatic carbocycles. The minimum Gasteiger partial charge on any atom is -0.466 e. The van der Waals surface area contributed by atoms with Crippen LogP contribution in [0.3, 0.4) is 0 Å². The molecule has 1 saturated heterocycles. The maximum absolute atomic E-state index is 12.3. The first-order valence-corrected chi connectivity index (χ1v) is 21.4. The second-order valence-electron chi connectivity index (χ2n) is 15.3. The van der Waals surface area contributed by atoms with E-state index >= 15 is 0 Å². The van der Waals surface area contributed by atoms with Gasteiger partial charge in [-0.2, -0.15) is 0 Å². The summed E-state index contributed by atoms with van der Waals surface area (Å²) in [6.07, 6.45) is 33.3. The molecule has 5 heteroatoms. The van der Waals surface area contributed by atoms with Gasteiger partial charge in [0.25, 0.3) is 0 Å². The van der Waals surface area contributed by atoms with E-state index in [1.165, 1.54) is 135 Å². The van der Waals surface area contributed by atoms with Crippen molar-refractivity contribution in [3.05, 3.63) is 29.8 Å². The third-order valence-corrected chi connectivity index (χ3v) is 10.5. The average Bonchev–Trinajstić information content (AvgIpc) is 3.11. The van der Waals surface area contributed by atoms with E-state index in [1.807, 2.05) is 6.08 Å². The second kappa shape index (κ2) is 34.1. The topological polar surface area (TPSA) is 55.8 Å². The normalized spacial score (nSPS) is 14.9. The first kappa shape index (κ1) is 46.0. The van der Waals surface area contributed by atoms with Gasteiger partial charge >= 0.3 is 11.9 Å². The Morgan fingerprint density at radius 2 is 1.18 bits per heavy atom. The van der Waals surface area contributed by atoms with Crippen molar-refractivity contribution < 1.29 is 19.1 Å². The SMILES string of the molecule is C=C=C=C=CC(CCCCC)CCOC(=O)CCCCCCCC(CCCCCCCC(=O)OCCC(C)CCCCC)CN1CCCCC1. The molecule has 5 nitrogen and oxygen atoms in total. The first-order valence-electron chi connectivity index (χ1n) is 21.4. The second-order valence-corrected chi connectivity index (χ2v) is 15.3. The summed E-state index contributed by atoms with van der Waals surface area (Å²) >= 11 is 0. The van der Waals surface area contributed by atoms with Gasteiger partial charge in [0.15, 0.2) is 0 Å². The highest BCUT2D eigenvalue weighted by atomic mass is 16.5. The molecule has 0 N–H and O–H groups in total. The fourth-order valence-corrected chi connectivity index (χ4v) is 7.21. The number of carbonyl (C=O) groups is 2. The number of likely N-dealkylation sites (tertiary alicyclic amines) is 1. The molecule has 0 amide bonds. The molecular weight excluding hydrogens is 618 g/mol. The molecule has 0 spiro atoms. The van der Waals surface area contributed by atoms with Crippen molar-refractivity contribution in [2.45, 2.75) is 194 Å². The number of hydrogen-bond acceptors (Lipinski definition) is 5. The Morgan fingerprint density at radius 3 is 1.76 bits per heavy atom. The molecule has 3 unspecified atom stereocenters. The fourth-order valence-electron chi connectivity index (χ4n) is 7.21. The average molecular weight is 698 g/mol. The van der Waals surface area contributed by atoms with Crippen LogP contribution in [0.2, 0.25) is 0 Å². The van der Waals surface area contributed by atoms with Crippen LogP contribution in [0.1, 0.15) is 194 Å². The molecule has 1 heterocycles. The van der Waals surface area contributed by atoms with Crippen LogP contribution in [0, 0.1) is 17.8 Å². The maximum atomic E-state index is 12.3. The zero-order valence-electron chi connectivity index (χ0n) is 33.2. The van der Waals surface area contributed by atoms with E-state index in [0.717, 1.165) is 50.9 Å². The summed E-state index contributed by atoms with van der Waals surface area (Å²) in [5, 5.41) is 0. The quantitative estimate of drug-likeness (QED) is 0.0388. The van der Waals surface area contributed by atoms with Crippen LogP contribution >= 0.6 is 0 Å². The number of esters is 2. The van der Waals surface area contributed by atoms with E-state index in [0.29, 0.717) is 37.9 Å². The Labute approximate surface area is 309 Å². The van der Waals surface area contributed by atoms with Crippen molar-refractivity contribution in [3.8, 4) is 0 Å². The largest absolute Gasteiger partial charge is 0.466 e. The lowest BCUT2D eigenvalue weighted by Crippen LogP contribution is -2.34. The molecule has 3 atom stereocenters. The van der Waals surface area contributed by atoms with Crippen molar-refractivity contribution >= 4 is 11.9 Å². The summed E-state index contributed by atoms with van der Waals surface area (Å²) in [4.78, 5) is 27.2. The van der Waals surface area contributed by atoms with E-state index in [4.69, 9.17) is 9.47 Å². The molecule has 0 aromatic heterocycles. The van der Waals surface area contributed by atoms with E-state index in [2.05, 4.69) is 49.4 Å². The van der Waals surface area contributed by atoms with Crippen LogP contribution in [0.4, 0.5) is 0 Å². The number of rotatable bonds is 33. The summed E-state index contributed by atoms with van der Waals surface area (Å²) in [6.45, 7) is 15.2. The summed E-state index contributed by atoms with van der Waals surface area (Å²) in [5.74, 6) is 1.75. The highest BCUT2D eigenvalue weighted by molar-refractivity contribution is 5.69. The van der Waals surface area contributed by atoms with Crippen molar-refractivity contribution in [3.63, 3.8) is 0 Å². The van der Waals surface area contributed by atoms with Crippen LogP contribution in [0.15, 0.2) is 29.8 Å². The third kappa shape index (κ3) is 28.7. The summed E-state index contributed by atoms with van der Waals surface area (Å²) in [5.41, 5.74) is 8.41. The number of ether oxygens (including phenoxy) is 2. The molecular formula is C45H79NO4. The lowest BCUT2D eigenvalue weighted by atomic mass is 9.93. The van der Waals surface area contributed by atoms with Crippen molar-refractivity contribution in [2.24, 2.45) is 17.8 Å². The predicted molar refractivity (Wildman–Crippen MR) is 211 cm³/mol. The number of piperidine rings is 1. The number of nitrogens with zero attached hydrogens (tertiary/aromatic N) is 1. The predicted octanol–water partition coefficient (Wildman–Crippen LogP) is 12.5. The van der Waals surface area contributed by atoms with E-state index in [9.17, 15) is 9.59 Å². The molecule has 0 aromatic rings. The van der Waals surface area contributed by atoms with Gasteiger partial charge < -0.3 is 14.4 Å². The van der Waals surface area contributed by atoms with Gasteiger partial charge in [0.2, 0.25) is 0 Å². The van der Waals surface area contributed by atoms with Crippen LogP contribution < -0.4 is 0 Å². The van der Waals surface area contributed by atoms with Crippen LogP contribution in [-0.2, 0) is 19.1 Å². The van der Waals surface area contributed by atoms with E-state index in [-0.39, 0.29) is 11.9 Å². The minimum absolute atomic E-state index is 0.00591.